The lowest BCUT2D eigenvalue weighted by Gasteiger charge is -2.39. The van der Waals surface area contributed by atoms with Gasteiger partial charge in [0.1, 0.15) is 0 Å². The van der Waals surface area contributed by atoms with Crippen molar-refractivity contribution in [2.45, 2.75) is 44.7 Å². The van der Waals surface area contributed by atoms with Gasteiger partial charge in [-0.2, -0.15) is 0 Å². The van der Waals surface area contributed by atoms with Gasteiger partial charge < -0.3 is 10.6 Å². The van der Waals surface area contributed by atoms with Gasteiger partial charge in [-0.25, -0.2) is 0 Å². The summed E-state index contributed by atoms with van der Waals surface area (Å²) in [5.74, 6) is 0. The second-order valence-corrected chi connectivity index (χ2v) is 4.91. The van der Waals surface area contributed by atoms with E-state index in [0.29, 0.717) is 6.04 Å². The molecule has 0 bridgehead atoms. The molecular formula is C12H27N3. The smallest absolute Gasteiger partial charge is 0.0218 e. The van der Waals surface area contributed by atoms with Gasteiger partial charge in [0.2, 0.25) is 0 Å². The van der Waals surface area contributed by atoms with Gasteiger partial charge in [-0.3, -0.25) is 4.90 Å². The quantitative estimate of drug-likeness (QED) is 0.743. The summed E-state index contributed by atoms with van der Waals surface area (Å²) in [6, 6.07) is 1.40. The van der Waals surface area contributed by atoms with Crippen molar-refractivity contribution in [2.75, 3.05) is 33.7 Å². The number of rotatable bonds is 5. The Labute approximate surface area is 94.6 Å². The summed E-state index contributed by atoms with van der Waals surface area (Å²) in [6.07, 6.45) is 5.10. The van der Waals surface area contributed by atoms with Crippen molar-refractivity contribution in [3.05, 3.63) is 0 Å². The minimum atomic E-state index is 0.623. The zero-order chi connectivity index (χ0) is 11.3. The van der Waals surface area contributed by atoms with Crippen molar-refractivity contribution in [2.24, 2.45) is 5.73 Å². The molecule has 0 amide bonds. The van der Waals surface area contributed by atoms with Crippen molar-refractivity contribution < 1.29 is 0 Å². The van der Waals surface area contributed by atoms with E-state index in [2.05, 4.69) is 30.8 Å². The van der Waals surface area contributed by atoms with Gasteiger partial charge in [0.25, 0.3) is 0 Å². The molecule has 3 nitrogen and oxygen atoms in total. The number of hydrogen-bond donors (Lipinski definition) is 1. The zero-order valence-electron chi connectivity index (χ0n) is 10.6. The molecule has 1 heterocycles. The van der Waals surface area contributed by atoms with Crippen molar-refractivity contribution in [1.29, 1.82) is 0 Å². The van der Waals surface area contributed by atoms with E-state index in [4.69, 9.17) is 5.73 Å². The summed E-state index contributed by atoms with van der Waals surface area (Å²) in [7, 11) is 4.37. The van der Waals surface area contributed by atoms with Crippen LogP contribution in [0.2, 0.25) is 0 Å². The predicted octanol–water partition coefficient (Wildman–Crippen LogP) is 1.14. The Bertz CT molecular complexity index is 162. The third-order valence-corrected chi connectivity index (χ3v) is 3.64. The summed E-state index contributed by atoms with van der Waals surface area (Å²) in [4.78, 5) is 4.94. The second-order valence-electron chi connectivity index (χ2n) is 4.91. The van der Waals surface area contributed by atoms with E-state index in [9.17, 15) is 0 Å². The molecule has 0 saturated carbocycles. The molecule has 0 radical (unpaired) electrons. The first-order valence-corrected chi connectivity index (χ1v) is 6.29. The minimum absolute atomic E-state index is 0.623. The molecule has 3 heteroatoms. The first-order valence-electron chi connectivity index (χ1n) is 6.29. The van der Waals surface area contributed by atoms with Crippen LogP contribution in [0.15, 0.2) is 0 Å². The first kappa shape index (κ1) is 12.9. The average Bonchev–Trinajstić information content (AvgIpc) is 2.26. The van der Waals surface area contributed by atoms with Gasteiger partial charge in [-0.1, -0.05) is 13.3 Å². The molecule has 1 aliphatic rings. The Balaban J connectivity index is 2.35. The van der Waals surface area contributed by atoms with E-state index in [1.165, 1.54) is 38.8 Å². The van der Waals surface area contributed by atoms with Crippen molar-refractivity contribution in [3.63, 3.8) is 0 Å². The molecule has 1 unspecified atom stereocenters. The van der Waals surface area contributed by atoms with Crippen LogP contribution in [0.3, 0.4) is 0 Å². The highest BCUT2D eigenvalue weighted by Gasteiger charge is 2.24. The van der Waals surface area contributed by atoms with Crippen molar-refractivity contribution >= 4 is 0 Å². The maximum Gasteiger partial charge on any atom is 0.0218 e. The largest absolute Gasteiger partial charge is 0.329 e. The molecule has 1 rings (SSSR count). The molecule has 2 N–H and O–H groups in total. The molecular weight excluding hydrogens is 186 g/mol. The summed E-state index contributed by atoms with van der Waals surface area (Å²) in [6.45, 7) is 5.52. The van der Waals surface area contributed by atoms with Gasteiger partial charge >= 0.3 is 0 Å². The molecule has 0 aliphatic carbocycles. The van der Waals surface area contributed by atoms with Gasteiger partial charge in [0, 0.05) is 18.6 Å². The second kappa shape index (κ2) is 6.46. The SMILES string of the molecule is CCCC(CN)N1CCC(N(C)C)CC1. The number of likely N-dealkylation sites (tertiary alicyclic amines) is 1. The van der Waals surface area contributed by atoms with Crippen LogP contribution in [0.5, 0.6) is 0 Å². The van der Waals surface area contributed by atoms with E-state index in [-0.39, 0.29) is 0 Å². The van der Waals surface area contributed by atoms with Crippen LogP contribution < -0.4 is 5.73 Å². The lowest BCUT2D eigenvalue weighted by molar-refractivity contribution is 0.106. The lowest BCUT2D eigenvalue weighted by Crippen LogP contribution is -2.48. The Kier molecular flexibility index (Phi) is 5.58. The summed E-state index contributed by atoms with van der Waals surface area (Å²) in [5, 5.41) is 0. The van der Waals surface area contributed by atoms with Crippen LogP contribution in [-0.4, -0.2) is 55.6 Å². The average molecular weight is 213 g/mol. The van der Waals surface area contributed by atoms with E-state index in [0.717, 1.165) is 12.6 Å². The fourth-order valence-corrected chi connectivity index (χ4v) is 2.55. The Morgan fingerprint density at radius 2 is 1.93 bits per heavy atom. The fourth-order valence-electron chi connectivity index (χ4n) is 2.55. The third kappa shape index (κ3) is 3.74. The molecule has 1 atom stereocenters. The van der Waals surface area contributed by atoms with Crippen LogP contribution in [0.1, 0.15) is 32.6 Å². The van der Waals surface area contributed by atoms with Crippen LogP contribution >= 0.6 is 0 Å². The number of piperidine rings is 1. The zero-order valence-corrected chi connectivity index (χ0v) is 10.6. The van der Waals surface area contributed by atoms with Gasteiger partial charge in [-0.15, -0.1) is 0 Å². The fraction of sp³-hybridized carbons (Fsp3) is 1.00. The van der Waals surface area contributed by atoms with E-state index < -0.39 is 0 Å². The van der Waals surface area contributed by atoms with Crippen LogP contribution in [-0.2, 0) is 0 Å². The first-order chi connectivity index (χ1) is 7.19. The monoisotopic (exact) mass is 213 g/mol. The molecule has 90 valence electrons. The normalized spacial score (nSPS) is 22.2. The summed E-state index contributed by atoms with van der Waals surface area (Å²) in [5.41, 5.74) is 5.83. The Morgan fingerprint density at radius 3 is 2.33 bits per heavy atom. The van der Waals surface area contributed by atoms with Crippen molar-refractivity contribution in [1.82, 2.24) is 9.80 Å². The van der Waals surface area contributed by atoms with Gasteiger partial charge in [-0.05, 0) is 46.4 Å². The lowest BCUT2D eigenvalue weighted by atomic mass is 10.0. The maximum absolute atomic E-state index is 5.83. The molecule has 0 aromatic rings. The highest BCUT2D eigenvalue weighted by Crippen LogP contribution is 2.17. The third-order valence-electron chi connectivity index (χ3n) is 3.64. The number of hydrogen-bond acceptors (Lipinski definition) is 3. The summed E-state index contributed by atoms with van der Waals surface area (Å²) < 4.78 is 0. The van der Waals surface area contributed by atoms with Gasteiger partial charge in [0.05, 0.1) is 0 Å². The predicted molar refractivity (Wildman–Crippen MR) is 66.0 cm³/mol. The number of nitrogens with two attached hydrogens (primary N) is 1. The summed E-state index contributed by atoms with van der Waals surface area (Å²) >= 11 is 0. The highest BCUT2D eigenvalue weighted by molar-refractivity contribution is 4.81. The molecule has 1 saturated heterocycles. The standard InChI is InChI=1S/C12H27N3/c1-4-5-12(10-13)15-8-6-11(7-9-15)14(2)3/h11-12H,4-10,13H2,1-3H3. The molecule has 0 spiro atoms. The number of nitrogens with zero attached hydrogens (tertiary/aromatic N) is 2. The molecule has 1 aliphatic heterocycles. The van der Waals surface area contributed by atoms with Crippen LogP contribution in [0.25, 0.3) is 0 Å². The van der Waals surface area contributed by atoms with Crippen LogP contribution in [0.4, 0.5) is 0 Å². The van der Waals surface area contributed by atoms with Crippen molar-refractivity contribution in [3.8, 4) is 0 Å². The molecule has 15 heavy (non-hydrogen) atoms. The molecule has 1 fully saturated rings. The Hall–Kier alpha value is -0.120. The van der Waals surface area contributed by atoms with Crippen LogP contribution in [0, 0.1) is 0 Å². The van der Waals surface area contributed by atoms with E-state index in [1.807, 2.05) is 0 Å². The highest BCUT2D eigenvalue weighted by atomic mass is 15.2. The molecule has 0 aromatic carbocycles. The van der Waals surface area contributed by atoms with Gasteiger partial charge in [0.15, 0.2) is 0 Å². The Morgan fingerprint density at radius 1 is 1.33 bits per heavy atom. The maximum atomic E-state index is 5.83. The van der Waals surface area contributed by atoms with E-state index in [1.54, 1.807) is 0 Å². The topological polar surface area (TPSA) is 32.5 Å². The minimum Gasteiger partial charge on any atom is -0.329 e. The molecule has 0 aromatic heterocycles. The van der Waals surface area contributed by atoms with E-state index >= 15 is 0 Å².